The van der Waals surface area contributed by atoms with Crippen LogP contribution >= 0.6 is 27.7 Å². The number of thioether (sulfide) groups is 1. The van der Waals surface area contributed by atoms with Crippen molar-refractivity contribution in [2.45, 2.75) is 75.7 Å². The van der Waals surface area contributed by atoms with E-state index in [1.54, 1.807) is 32.9 Å². The summed E-state index contributed by atoms with van der Waals surface area (Å²) in [5.41, 5.74) is -1.36. The van der Waals surface area contributed by atoms with Crippen molar-refractivity contribution in [1.82, 2.24) is 4.90 Å². The van der Waals surface area contributed by atoms with Crippen molar-refractivity contribution in [3.8, 4) is 0 Å². The molecule has 1 aliphatic carbocycles. The molecule has 0 unspecified atom stereocenters. The highest BCUT2D eigenvalue weighted by Gasteiger charge is 2.67. The smallest absolute Gasteiger partial charge is 0.418 e. The molecular formula is C24H34BrFN2O4SSi. The van der Waals surface area contributed by atoms with Crippen LogP contribution < -0.4 is 0 Å². The second-order valence-corrected chi connectivity index (χ2v) is 19.2. The topological polar surface area (TPSA) is 68.2 Å². The molecule has 1 aliphatic heterocycles. The quantitative estimate of drug-likeness (QED) is 0.163. The number of carbonyl (C=O) groups is 2. The number of fused-ring (bicyclic) bond motifs is 1. The Kier molecular flexibility index (Phi) is 7.78. The summed E-state index contributed by atoms with van der Waals surface area (Å²) in [5.74, 6) is -0.578. The first-order valence-electron chi connectivity index (χ1n) is 11.4. The number of amides is 1. The molecule has 2 aliphatic rings. The van der Waals surface area contributed by atoms with Crippen molar-refractivity contribution in [2.75, 3.05) is 13.3 Å². The molecule has 1 fully saturated rings. The fraction of sp³-hybridized carbons (Fsp3) is 0.625. The summed E-state index contributed by atoms with van der Waals surface area (Å²) in [6.45, 7) is 14.4. The van der Waals surface area contributed by atoms with Gasteiger partial charge in [0.1, 0.15) is 24.4 Å². The lowest BCUT2D eigenvalue weighted by molar-refractivity contribution is -0.108. The first-order valence-corrected chi connectivity index (χ1v) is 16.7. The standard InChI is InChI=1S/C24H34BrFN2O4SSi/c1-22(2,3)32-21(30)28(15-31-10-11-34(5,6)7)20-27-23(4,19-13-24(19,14-29)33-20)17-12-16(25)8-9-18(17)26/h8-9,12,14,19H,10-11,13,15H2,1-7H3/t19-,23+,24+/m0/s1. The molecule has 1 aromatic rings. The molecule has 188 valence electrons. The van der Waals surface area contributed by atoms with Crippen LogP contribution in [0.1, 0.15) is 39.7 Å². The Morgan fingerprint density at radius 2 is 2.06 bits per heavy atom. The van der Waals surface area contributed by atoms with E-state index in [1.807, 2.05) is 6.92 Å². The van der Waals surface area contributed by atoms with Gasteiger partial charge in [0.2, 0.25) is 0 Å². The highest BCUT2D eigenvalue weighted by atomic mass is 79.9. The molecule has 0 aromatic heterocycles. The van der Waals surface area contributed by atoms with Gasteiger partial charge in [0.05, 0.1) is 10.3 Å². The Labute approximate surface area is 215 Å². The van der Waals surface area contributed by atoms with Crippen LogP contribution in [0.3, 0.4) is 0 Å². The van der Waals surface area contributed by atoms with Gasteiger partial charge in [-0.3, -0.25) is 4.99 Å². The number of rotatable bonds is 7. The van der Waals surface area contributed by atoms with Gasteiger partial charge in [-0.15, -0.1) is 0 Å². The summed E-state index contributed by atoms with van der Waals surface area (Å²) in [4.78, 5) is 31.6. The fourth-order valence-electron chi connectivity index (χ4n) is 3.96. The van der Waals surface area contributed by atoms with Gasteiger partial charge in [0, 0.05) is 30.6 Å². The van der Waals surface area contributed by atoms with Gasteiger partial charge < -0.3 is 14.3 Å². The number of aliphatic imine (C=N–C) groups is 1. The van der Waals surface area contributed by atoms with Crippen LogP contribution in [-0.4, -0.2) is 54.2 Å². The third-order valence-corrected chi connectivity index (χ3v) is 9.59. The Morgan fingerprint density at radius 3 is 2.65 bits per heavy atom. The Bertz CT molecular complexity index is 996. The summed E-state index contributed by atoms with van der Waals surface area (Å²) < 4.78 is 26.5. The molecule has 10 heteroatoms. The zero-order valence-corrected chi connectivity index (χ0v) is 24.3. The molecule has 3 atom stereocenters. The lowest BCUT2D eigenvalue weighted by atomic mass is 9.86. The van der Waals surface area contributed by atoms with Crippen molar-refractivity contribution >= 4 is 53.3 Å². The van der Waals surface area contributed by atoms with Gasteiger partial charge in [-0.1, -0.05) is 47.3 Å². The number of benzene rings is 1. The minimum atomic E-state index is -1.32. The summed E-state index contributed by atoms with van der Waals surface area (Å²) in [5, 5.41) is 0.310. The lowest BCUT2D eigenvalue weighted by Gasteiger charge is -2.37. The highest BCUT2D eigenvalue weighted by Crippen LogP contribution is 2.65. The van der Waals surface area contributed by atoms with E-state index in [0.29, 0.717) is 23.8 Å². The van der Waals surface area contributed by atoms with Crippen LogP contribution in [0.4, 0.5) is 9.18 Å². The predicted octanol–water partition coefficient (Wildman–Crippen LogP) is 6.41. The zero-order valence-electron chi connectivity index (χ0n) is 20.9. The van der Waals surface area contributed by atoms with E-state index in [2.05, 4.69) is 35.6 Å². The first kappa shape index (κ1) is 27.4. The molecule has 1 heterocycles. The summed E-state index contributed by atoms with van der Waals surface area (Å²) in [6.07, 6.45) is 0.851. The zero-order chi connectivity index (χ0) is 25.5. The maximum absolute atomic E-state index is 15.0. The van der Waals surface area contributed by atoms with E-state index in [-0.39, 0.29) is 12.6 Å². The Balaban J connectivity index is 1.99. The summed E-state index contributed by atoms with van der Waals surface area (Å²) >= 11 is 4.66. The molecule has 1 aromatic carbocycles. The van der Waals surface area contributed by atoms with E-state index in [9.17, 15) is 14.0 Å². The van der Waals surface area contributed by atoms with Crippen LogP contribution in [-0.2, 0) is 19.8 Å². The number of ether oxygens (including phenoxy) is 2. The van der Waals surface area contributed by atoms with Gasteiger partial charge in [0.25, 0.3) is 0 Å². The van der Waals surface area contributed by atoms with Crippen LogP contribution in [0.5, 0.6) is 0 Å². The molecule has 6 nitrogen and oxygen atoms in total. The molecule has 0 N–H and O–H groups in total. The van der Waals surface area contributed by atoms with Crippen LogP contribution in [0.2, 0.25) is 25.7 Å². The Morgan fingerprint density at radius 1 is 1.38 bits per heavy atom. The minimum absolute atomic E-state index is 0.0537. The molecule has 0 radical (unpaired) electrons. The van der Waals surface area contributed by atoms with Gasteiger partial charge in [-0.05, 0) is 58.4 Å². The number of aldehydes is 1. The second kappa shape index (κ2) is 9.67. The number of nitrogens with zero attached hydrogens (tertiary/aromatic N) is 2. The van der Waals surface area contributed by atoms with Gasteiger partial charge >= 0.3 is 6.09 Å². The maximum Gasteiger partial charge on any atom is 0.418 e. The van der Waals surface area contributed by atoms with E-state index < -0.39 is 35.9 Å². The van der Waals surface area contributed by atoms with E-state index >= 15 is 0 Å². The third-order valence-electron chi connectivity index (χ3n) is 5.98. The monoisotopic (exact) mass is 572 g/mol. The molecular weight excluding hydrogens is 539 g/mol. The van der Waals surface area contributed by atoms with Crippen LogP contribution in [0.25, 0.3) is 0 Å². The number of hydrogen-bond donors (Lipinski definition) is 0. The predicted molar refractivity (Wildman–Crippen MR) is 140 cm³/mol. The Hall–Kier alpha value is -1.23. The number of hydrogen-bond acceptors (Lipinski definition) is 6. The molecule has 0 saturated heterocycles. The normalized spacial score (nSPS) is 26.4. The molecule has 34 heavy (non-hydrogen) atoms. The van der Waals surface area contributed by atoms with Gasteiger partial charge in [-0.25, -0.2) is 14.1 Å². The maximum atomic E-state index is 15.0. The van der Waals surface area contributed by atoms with E-state index in [1.165, 1.54) is 22.7 Å². The molecule has 3 rings (SSSR count). The SMILES string of the molecule is CC(C)(C)OC(=O)N(COCC[Si](C)(C)C)C1=N[C@](C)(c2cc(Br)ccc2F)[C@@H]2C[C@]2(C=O)S1. The number of halogens is 2. The minimum Gasteiger partial charge on any atom is -0.443 e. The van der Waals surface area contributed by atoms with Crippen molar-refractivity contribution < 1.29 is 23.5 Å². The summed E-state index contributed by atoms with van der Waals surface area (Å²) in [7, 11) is -1.32. The van der Waals surface area contributed by atoms with E-state index in [4.69, 9.17) is 14.5 Å². The third kappa shape index (κ3) is 6.12. The van der Waals surface area contributed by atoms with Crippen molar-refractivity contribution in [3.05, 3.63) is 34.1 Å². The molecule has 1 saturated carbocycles. The van der Waals surface area contributed by atoms with Gasteiger partial charge in [-0.2, -0.15) is 0 Å². The highest BCUT2D eigenvalue weighted by molar-refractivity contribution is 9.10. The molecule has 1 amide bonds. The summed E-state index contributed by atoms with van der Waals surface area (Å²) in [6, 6.07) is 5.65. The van der Waals surface area contributed by atoms with Crippen molar-refractivity contribution in [2.24, 2.45) is 10.9 Å². The fourth-order valence-corrected chi connectivity index (χ4v) is 6.56. The van der Waals surface area contributed by atoms with E-state index in [0.717, 1.165) is 16.8 Å². The number of carbonyl (C=O) groups excluding carboxylic acids is 2. The lowest BCUT2D eigenvalue weighted by Crippen LogP contribution is -2.46. The second-order valence-electron chi connectivity index (χ2n) is 11.4. The van der Waals surface area contributed by atoms with Crippen molar-refractivity contribution in [3.63, 3.8) is 0 Å². The average Bonchev–Trinajstić information content (AvgIpc) is 3.44. The molecule has 0 spiro atoms. The van der Waals surface area contributed by atoms with Crippen LogP contribution in [0.15, 0.2) is 27.7 Å². The average molecular weight is 574 g/mol. The molecule has 0 bridgehead atoms. The first-order chi connectivity index (χ1) is 15.6. The van der Waals surface area contributed by atoms with Crippen LogP contribution in [0, 0.1) is 11.7 Å². The van der Waals surface area contributed by atoms with Crippen molar-refractivity contribution in [1.29, 1.82) is 0 Å². The number of amidine groups is 1. The largest absolute Gasteiger partial charge is 0.443 e. The van der Waals surface area contributed by atoms with Gasteiger partial charge in [0.15, 0.2) is 5.17 Å².